The quantitative estimate of drug-likeness (QED) is 0.710. The molecule has 1 aromatic carbocycles. The summed E-state index contributed by atoms with van der Waals surface area (Å²) < 4.78 is 15.5. The zero-order chi connectivity index (χ0) is 18.1. The van der Waals surface area contributed by atoms with Crippen molar-refractivity contribution >= 4 is 11.4 Å². The molecule has 6 heteroatoms. The van der Waals surface area contributed by atoms with Crippen LogP contribution in [-0.4, -0.2) is 33.5 Å². The summed E-state index contributed by atoms with van der Waals surface area (Å²) in [5.41, 5.74) is 2.66. The molecule has 0 saturated carbocycles. The number of fused-ring (bicyclic) bond motifs is 1. The van der Waals surface area contributed by atoms with Gasteiger partial charge in [-0.1, -0.05) is 6.07 Å². The molecule has 130 valence electrons. The van der Waals surface area contributed by atoms with Crippen LogP contribution in [0.2, 0.25) is 0 Å². The van der Waals surface area contributed by atoms with E-state index in [1.54, 1.807) is 22.8 Å². The number of aromatic nitrogens is 2. The second kappa shape index (κ2) is 6.60. The van der Waals surface area contributed by atoms with Gasteiger partial charge in [0.25, 0.3) is 5.91 Å². The molecular formula is C20H17FN4O. The van der Waals surface area contributed by atoms with Crippen molar-refractivity contribution in [3.63, 3.8) is 0 Å². The average Bonchev–Trinajstić information content (AvgIpc) is 3.11. The molecule has 2 aromatic heterocycles. The van der Waals surface area contributed by atoms with Gasteiger partial charge < -0.3 is 4.90 Å². The molecule has 0 N–H and O–H groups in total. The summed E-state index contributed by atoms with van der Waals surface area (Å²) in [5, 5.41) is 13.4. The highest BCUT2D eigenvalue weighted by atomic mass is 19.1. The van der Waals surface area contributed by atoms with E-state index in [1.807, 2.05) is 23.1 Å². The highest BCUT2D eigenvalue weighted by Crippen LogP contribution is 2.25. The first kappa shape index (κ1) is 16.3. The fourth-order valence-electron chi connectivity index (χ4n) is 3.46. The number of halogens is 1. The van der Waals surface area contributed by atoms with E-state index in [-0.39, 0.29) is 11.5 Å². The van der Waals surface area contributed by atoms with Crippen LogP contribution in [0.25, 0.3) is 16.8 Å². The maximum absolute atomic E-state index is 13.8. The van der Waals surface area contributed by atoms with Gasteiger partial charge in [0.15, 0.2) is 0 Å². The number of amides is 1. The number of nitriles is 1. The Morgan fingerprint density at radius 3 is 2.73 bits per heavy atom. The summed E-state index contributed by atoms with van der Waals surface area (Å²) in [6.45, 7) is 1.54. The van der Waals surface area contributed by atoms with Crippen molar-refractivity contribution in [3.8, 4) is 17.3 Å². The molecule has 3 aromatic rings. The second-order valence-electron chi connectivity index (χ2n) is 6.46. The molecular weight excluding hydrogens is 331 g/mol. The van der Waals surface area contributed by atoms with Gasteiger partial charge in [-0.25, -0.2) is 8.91 Å². The first-order chi connectivity index (χ1) is 12.7. The highest BCUT2D eigenvalue weighted by molar-refractivity contribution is 6.01. The fraction of sp³-hybridized carbons (Fsp3) is 0.250. The maximum Gasteiger partial charge on any atom is 0.257 e. The van der Waals surface area contributed by atoms with E-state index >= 15 is 0 Å². The third-order valence-electron chi connectivity index (χ3n) is 4.74. The highest BCUT2D eigenvalue weighted by Gasteiger charge is 2.22. The molecule has 5 nitrogen and oxygen atoms in total. The fourth-order valence-corrected chi connectivity index (χ4v) is 3.46. The predicted molar refractivity (Wildman–Crippen MR) is 95.1 cm³/mol. The largest absolute Gasteiger partial charge is 0.339 e. The zero-order valence-corrected chi connectivity index (χ0v) is 14.2. The summed E-state index contributed by atoms with van der Waals surface area (Å²) in [6.07, 6.45) is 4.77. The molecule has 0 aliphatic carbocycles. The van der Waals surface area contributed by atoms with E-state index in [2.05, 4.69) is 5.10 Å². The van der Waals surface area contributed by atoms with Crippen LogP contribution in [0.1, 0.15) is 35.2 Å². The Morgan fingerprint density at radius 1 is 1.15 bits per heavy atom. The standard InChI is InChI=1S/C20H17FN4O/c21-16-10-14(12-22)9-15(11-16)18-5-4-6-19-17(13-23-25(18)19)20(26)24-7-2-1-3-8-24/h4-6,9-11,13H,1-3,7-8H2. The van der Waals surface area contributed by atoms with Gasteiger partial charge in [0.1, 0.15) is 5.82 Å². The summed E-state index contributed by atoms with van der Waals surface area (Å²) >= 11 is 0. The number of rotatable bonds is 2. The first-order valence-corrected chi connectivity index (χ1v) is 8.64. The topological polar surface area (TPSA) is 61.4 Å². The normalized spacial score (nSPS) is 14.4. The molecule has 1 saturated heterocycles. The molecule has 0 bridgehead atoms. The van der Waals surface area contributed by atoms with Crippen molar-refractivity contribution in [1.82, 2.24) is 14.5 Å². The lowest BCUT2D eigenvalue weighted by molar-refractivity contribution is 0.0726. The van der Waals surface area contributed by atoms with Gasteiger partial charge in [-0.3, -0.25) is 4.79 Å². The second-order valence-corrected chi connectivity index (χ2v) is 6.46. The van der Waals surface area contributed by atoms with Crippen LogP contribution in [0, 0.1) is 17.1 Å². The van der Waals surface area contributed by atoms with Gasteiger partial charge in [0.05, 0.1) is 34.6 Å². The molecule has 1 fully saturated rings. The lowest BCUT2D eigenvalue weighted by atomic mass is 10.1. The Bertz CT molecular complexity index is 1030. The molecule has 0 unspecified atom stereocenters. The maximum atomic E-state index is 13.8. The SMILES string of the molecule is N#Cc1cc(F)cc(-c2cccc3c(C(=O)N4CCCCC4)cnn23)c1. The predicted octanol–water partition coefficient (Wildman–Crippen LogP) is 3.64. The van der Waals surface area contributed by atoms with Gasteiger partial charge in [-0.15, -0.1) is 0 Å². The van der Waals surface area contributed by atoms with E-state index in [4.69, 9.17) is 5.26 Å². The number of nitrogens with zero attached hydrogens (tertiary/aromatic N) is 4. The Kier molecular flexibility index (Phi) is 4.13. The lowest BCUT2D eigenvalue weighted by Crippen LogP contribution is -2.35. The third kappa shape index (κ3) is 2.82. The Hall–Kier alpha value is -3.20. The number of hydrogen-bond donors (Lipinski definition) is 0. The smallest absolute Gasteiger partial charge is 0.257 e. The van der Waals surface area contributed by atoms with Crippen LogP contribution < -0.4 is 0 Å². The van der Waals surface area contributed by atoms with Crippen LogP contribution >= 0.6 is 0 Å². The monoisotopic (exact) mass is 348 g/mol. The Balaban J connectivity index is 1.80. The zero-order valence-electron chi connectivity index (χ0n) is 14.2. The van der Waals surface area contributed by atoms with E-state index in [9.17, 15) is 9.18 Å². The van der Waals surface area contributed by atoms with E-state index < -0.39 is 5.82 Å². The molecule has 0 radical (unpaired) electrons. The molecule has 0 atom stereocenters. The first-order valence-electron chi connectivity index (χ1n) is 8.64. The summed E-state index contributed by atoms with van der Waals surface area (Å²) in [5.74, 6) is -0.498. The van der Waals surface area contributed by atoms with Gasteiger partial charge in [-0.2, -0.15) is 10.4 Å². The summed E-state index contributed by atoms with van der Waals surface area (Å²) in [6, 6.07) is 11.6. The number of carbonyl (C=O) groups excluding carboxylic acids is 1. The molecule has 1 aliphatic heterocycles. The van der Waals surface area contributed by atoms with Gasteiger partial charge in [0.2, 0.25) is 0 Å². The molecule has 0 spiro atoms. The van der Waals surface area contributed by atoms with Gasteiger partial charge in [-0.05, 0) is 49.6 Å². The lowest BCUT2D eigenvalue weighted by Gasteiger charge is -2.26. The number of hydrogen-bond acceptors (Lipinski definition) is 3. The molecule has 3 heterocycles. The number of carbonyl (C=O) groups is 1. The Morgan fingerprint density at radius 2 is 1.96 bits per heavy atom. The molecule has 4 rings (SSSR count). The van der Waals surface area contributed by atoms with Crippen LogP contribution in [0.3, 0.4) is 0 Å². The molecule has 26 heavy (non-hydrogen) atoms. The van der Waals surface area contributed by atoms with Crippen molar-refractivity contribution in [2.24, 2.45) is 0 Å². The third-order valence-corrected chi connectivity index (χ3v) is 4.74. The van der Waals surface area contributed by atoms with Gasteiger partial charge >= 0.3 is 0 Å². The van der Waals surface area contributed by atoms with E-state index in [0.717, 1.165) is 32.4 Å². The van der Waals surface area contributed by atoms with Gasteiger partial charge in [0, 0.05) is 18.7 Å². The summed E-state index contributed by atoms with van der Waals surface area (Å²) in [7, 11) is 0. The van der Waals surface area contributed by atoms with Crippen LogP contribution in [0.15, 0.2) is 42.6 Å². The van der Waals surface area contributed by atoms with Crippen molar-refractivity contribution in [3.05, 3.63) is 59.5 Å². The number of piperidine rings is 1. The van der Waals surface area contributed by atoms with E-state index in [0.29, 0.717) is 22.3 Å². The minimum Gasteiger partial charge on any atom is -0.339 e. The number of pyridine rings is 1. The van der Waals surface area contributed by atoms with Crippen molar-refractivity contribution < 1.29 is 9.18 Å². The van der Waals surface area contributed by atoms with Crippen molar-refractivity contribution in [1.29, 1.82) is 5.26 Å². The molecule has 1 aliphatic rings. The van der Waals surface area contributed by atoms with Crippen LogP contribution in [0.5, 0.6) is 0 Å². The van der Waals surface area contributed by atoms with E-state index in [1.165, 1.54) is 12.1 Å². The van der Waals surface area contributed by atoms with Crippen molar-refractivity contribution in [2.45, 2.75) is 19.3 Å². The minimum absolute atomic E-state index is 0.0196. The van der Waals surface area contributed by atoms with Crippen LogP contribution in [0.4, 0.5) is 4.39 Å². The number of benzene rings is 1. The Labute approximate surface area is 150 Å². The average molecular weight is 348 g/mol. The minimum atomic E-state index is -0.479. The number of likely N-dealkylation sites (tertiary alicyclic amines) is 1. The molecule has 1 amide bonds. The van der Waals surface area contributed by atoms with Crippen LogP contribution in [-0.2, 0) is 0 Å². The van der Waals surface area contributed by atoms with Crippen molar-refractivity contribution in [2.75, 3.05) is 13.1 Å². The summed E-state index contributed by atoms with van der Waals surface area (Å²) in [4.78, 5) is 14.7.